The van der Waals surface area contributed by atoms with Gasteiger partial charge >= 0.3 is 5.97 Å². The van der Waals surface area contributed by atoms with Crippen LogP contribution in [0.2, 0.25) is 0 Å². The van der Waals surface area contributed by atoms with E-state index in [1.807, 2.05) is 0 Å². The van der Waals surface area contributed by atoms with Gasteiger partial charge in [0.2, 0.25) is 0 Å². The predicted octanol–water partition coefficient (Wildman–Crippen LogP) is 0.568. The van der Waals surface area contributed by atoms with Crippen LogP contribution in [-0.2, 0) is 4.79 Å². The van der Waals surface area contributed by atoms with E-state index in [0.29, 0.717) is 18.8 Å². The zero-order chi connectivity index (χ0) is 13.2. The number of H-pyrrole nitrogens is 1. The molecule has 0 aromatic carbocycles. The lowest BCUT2D eigenvalue weighted by atomic mass is 9.77. The highest BCUT2D eigenvalue weighted by Crippen LogP contribution is 2.32. The summed E-state index contributed by atoms with van der Waals surface area (Å²) in [5.41, 5.74) is -1.06. The molecule has 1 fully saturated rings. The molecule has 1 aromatic rings. The molecule has 0 spiro atoms. The Hall–Kier alpha value is -1.92. The fourth-order valence-corrected chi connectivity index (χ4v) is 2.24. The second-order valence-electron chi connectivity index (χ2n) is 4.88. The predicted molar refractivity (Wildman–Crippen MR) is 61.8 cm³/mol. The third-order valence-corrected chi connectivity index (χ3v) is 3.54. The third kappa shape index (κ3) is 2.34. The smallest absolute Gasteiger partial charge is 0.329 e. The minimum atomic E-state index is -1.16. The minimum Gasteiger partial charge on any atom is -0.480 e. The molecule has 7 heteroatoms. The van der Waals surface area contributed by atoms with E-state index in [-0.39, 0.29) is 5.69 Å². The topological polar surface area (TPSA) is 108 Å². The summed E-state index contributed by atoms with van der Waals surface area (Å²) in [5.74, 6) is -0.978. The summed E-state index contributed by atoms with van der Waals surface area (Å²) < 4.78 is 0. The van der Waals surface area contributed by atoms with Gasteiger partial charge in [0.1, 0.15) is 5.54 Å². The van der Waals surface area contributed by atoms with Crippen molar-refractivity contribution in [3.05, 3.63) is 11.9 Å². The largest absolute Gasteiger partial charge is 0.480 e. The molecule has 1 aliphatic carbocycles. The van der Waals surface area contributed by atoms with Crippen molar-refractivity contribution in [2.75, 3.05) is 0 Å². The van der Waals surface area contributed by atoms with E-state index in [4.69, 9.17) is 0 Å². The van der Waals surface area contributed by atoms with Gasteiger partial charge in [0.05, 0.1) is 6.20 Å². The van der Waals surface area contributed by atoms with Gasteiger partial charge in [-0.3, -0.25) is 4.79 Å². The van der Waals surface area contributed by atoms with Crippen LogP contribution in [0.25, 0.3) is 0 Å². The molecule has 7 nitrogen and oxygen atoms in total. The fraction of sp³-hybridized carbons (Fsp3) is 0.636. The van der Waals surface area contributed by atoms with Crippen LogP contribution in [0.4, 0.5) is 0 Å². The summed E-state index contributed by atoms with van der Waals surface area (Å²) in [6.07, 6.45) is 3.77. The Morgan fingerprint density at radius 2 is 2.17 bits per heavy atom. The number of nitrogens with zero attached hydrogens (tertiary/aromatic N) is 2. The maximum absolute atomic E-state index is 11.9. The lowest BCUT2D eigenvalue weighted by molar-refractivity contribution is -0.146. The molecule has 1 aromatic heterocycles. The van der Waals surface area contributed by atoms with Gasteiger partial charge in [-0.15, -0.1) is 0 Å². The monoisotopic (exact) mass is 252 g/mol. The molecule has 1 aliphatic rings. The molecular formula is C11H16N4O3. The maximum Gasteiger partial charge on any atom is 0.329 e. The molecule has 1 amide bonds. The van der Waals surface area contributed by atoms with E-state index in [1.54, 1.807) is 0 Å². The van der Waals surface area contributed by atoms with Crippen LogP contribution >= 0.6 is 0 Å². The molecule has 0 atom stereocenters. The summed E-state index contributed by atoms with van der Waals surface area (Å²) in [7, 11) is 0. The Morgan fingerprint density at radius 3 is 2.67 bits per heavy atom. The van der Waals surface area contributed by atoms with Gasteiger partial charge in [-0.05, 0) is 31.6 Å². The zero-order valence-electron chi connectivity index (χ0n) is 10.1. The van der Waals surface area contributed by atoms with Crippen molar-refractivity contribution in [1.82, 2.24) is 20.7 Å². The van der Waals surface area contributed by atoms with Gasteiger partial charge < -0.3 is 10.4 Å². The number of rotatable bonds is 3. The Bertz CT molecular complexity index is 435. The van der Waals surface area contributed by atoms with Crippen LogP contribution in [-0.4, -0.2) is 37.9 Å². The van der Waals surface area contributed by atoms with Crippen molar-refractivity contribution in [3.8, 4) is 0 Å². The molecular weight excluding hydrogens is 236 g/mol. The first-order valence-electron chi connectivity index (χ1n) is 5.95. The molecule has 0 saturated heterocycles. The molecule has 18 heavy (non-hydrogen) atoms. The van der Waals surface area contributed by atoms with Gasteiger partial charge in [0, 0.05) is 0 Å². The molecule has 1 saturated carbocycles. The lowest BCUT2D eigenvalue weighted by Gasteiger charge is -2.36. The summed E-state index contributed by atoms with van der Waals surface area (Å²) in [5, 5.41) is 21.5. The van der Waals surface area contributed by atoms with Gasteiger partial charge in [-0.1, -0.05) is 6.92 Å². The molecule has 0 bridgehead atoms. The van der Waals surface area contributed by atoms with E-state index < -0.39 is 17.4 Å². The lowest BCUT2D eigenvalue weighted by Crippen LogP contribution is -2.56. The second kappa shape index (κ2) is 4.75. The van der Waals surface area contributed by atoms with Crippen LogP contribution in [0, 0.1) is 5.92 Å². The zero-order valence-corrected chi connectivity index (χ0v) is 10.1. The van der Waals surface area contributed by atoms with Crippen molar-refractivity contribution in [2.24, 2.45) is 5.92 Å². The first kappa shape index (κ1) is 12.5. The Balaban J connectivity index is 2.12. The molecule has 0 aliphatic heterocycles. The van der Waals surface area contributed by atoms with Crippen molar-refractivity contribution >= 4 is 11.9 Å². The number of amides is 1. The van der Waals surface area contributed by atoms with Crippen molar-refractivity contribution in [1.29, 1.82) is 0 Å². The van der Waals surface area contributed by atoms with Crippen LogP contribution in [0.3, 0.4) is 0 Å². The summed E-state index contributed by atoms with van der Waals surface area (Å²) in [6.45, 7) is 2.09. The summed E-state index contributed by atoms with van der Waals surface area (Å²) in [6, 6.07) is 0. The van der Waals surface area contributed by atoms with Crippen molar-refractivity contribution < 1.29 is 14.7 Å². The number of carbonyl (C=O) groups excluding carboxylic acids is 1. The molecule has 0 radical (unpaired) electrons. The summed E-state index contributed by atoms with van der Waals surface area (Å²) in [4.78, 5) is 23.3. The number of aromatic nitrogens is 3. The quantitative estimate of drug-likeness (QED) is 0.728. The maximum atomic E-state index is 11.9. The third-order valence-electron chi connectivity index (χ3n) is 3.54. The van der Waals surface area contributed by atoms with Gasteiger partial charge in [-0.25, -0.2) is 4.79 Å². The average Bonchev–Trinajstić information content (AvgIpc) is 2.85. The number of hydrogen-bond acceptors (Lipinski definition) is 4. The highest BCUT2D eigenvalue weighted by atomic mass is 16.4. The van der Waals surface area contributed by atoms with E-state index in [0.717, 1.165) is 12.8 Å². The number of hydrogen-bond donors (Lipinski definition) is 3. The molecule has 2 rings (SSSR count). The first-order valence-corrected chi connectivity index (χ1v) is 5.95. The number of nitrogens with one attached hydrogen (secondary N) is 2. The molecule has 98 valence electrons. The Morgan fingerprint density at radius 1 is 1.50 bits per heavy atom. The number of aromatic amines is 1. The average molecular weight is 252 g/mol. The van der Waals surface area contributed by atoms with E-state index >= 15 is 0 Å². The van der Waals surface area contributed by atoms with Gasteiger partial charge in [0.25, 0.3) is 5.91 Å². The van der Waals surface area contributed by atoms with Crippen LogP contribution in [0.1, 0.15) is 43.1 Å². The SMILES string of the molecule is CC1CCC(NC(=O)c2cn[nH]n2)(C(=O)O)CC1. The normalized spacial score (nSPS) is 27.7. The van der Waals surface area contributed by atoms with Crippen molar-refractivity contribution in [3.63, 3.8) is 0 Å². The van der Waals surface area contributed by atoms with Crippen molar-refractivity contribution in [2.45, 2.75) is 38.1 Å². The number of aliphatic carboxylic acids is 1. The van der Waals surface area contributed by atoms with E-state index in [2.05, 4.69) is 27.7 Å². The second-order valence-corrected chi connectivity index (χ2v) is 4.88. The first-order chi connectivity index (χ1) is 8.53. The molecule has 0 unspecified atom stereocenters. The Labute approximate surface area is 104 Å². The number of carbonyl (C=O) groups is 2. The fourth-order valence-electron chi connectivity index (χ4n) is 2.24. The van der Waals surface area contributed by atoms with Crippen LogP contribution in [0.5, 0.6) is 0 Å². The van der Waals surface area contributed by atoms with Crippen LogP contribution in [0.15, 0.2) is 6.20 Å². The number of carboxylic acid groups (broad SMARTS) is 1. The van der Waals surface area contributed by atoms with E-state index in [1.165, 1.54) is 6.20 Å². The van der Waals surface area contributed by atoms with Gasteiger partial charge in [-0.2, -0.15) is 15.4 Å². The molecule has 3 N–H and O–H groups in total. The standard InChI is InChI=1S/C11H16N4O3/c1-7-2-4-11(5-3-7,10(17)18)13-9(16)8-6-12-15-14-8/h6-7H,2-5H2,1H3,(H,13,16)(H,17,18)(H,12,14,15). The highest BCUT2D eigenvalue weighted by Gasteiger charge is 2.42. The van der Waals surface area contributed by atoms with E-state index in [9.17, 15) is 14.7 Å². The number of carboxylic acids is 1. The highest BCUT2D eigenvalue weighted by molar-refractivity contribution is 5.96. The minimum absolute atomic E-state index is 0.106. The molecule has 1 heterocycles. The van der Waals surface area contributed by atoms with Gasteiger partial charge in [0.15, 0.2) is 5.69 Å². The summed E-state index contributed by atoms with van der Waals surface area (Å²) >= 11 is 0. The Kier molecular flexibility index (Phi) is 3.31. The van der Waals surface area contributed by atoms with Crippen LogP contribution < -0.4 is 5.32 Å².